The van der Waals surface area contributed by atoms with E-state index in [0.29, 0.717) is 22.5 Å². The Morgan fingerprint density at radius 3 is 2.88 bits per heavy atom. The molecule has 0 saturated carbocycles. The van der Waals surface area contributed by atoms with Gasteiger partial charge >= 0.3 is 0 Å². The molecule has 1 fully saturated rings. The molecule has 1 saturated heterocycles. The third kappa shape index (κ3) is 2.34. The van der Waals surface area contributed by atoms with Gasteiger partial charge in [0.2, 0.25) is 0 Å². The molecule has 0 aromatic heterocycles. The average Bonchev–Trinajstić information content (AvgIpc) is 2.32. The number of hydrogen-bond donors (Lipinski definition) is 1. The first kappa shape index (κ1) is 12.1. The van der Waals surface area contributed by atoms with Crippen molar-refractivity contribution in [1.29, 1.82) is 5.26 Å². The predicted octanol–water partition coefficient (Wildman–Crippen LogP) is 2.47. The van der Waals surface area contributed by atoms with Crippen LogP contribution in [0.2, 0.25) is 0 Å². The third-order valence-corrected chi connectivity index (χ3v) is 4.71. The predicted molar refractivity (Wildman–Crippen MR) is 74.3 cm³/mol. The smallest absolute Gasteiger partial charge is 0.101 e. The molecule has 2 rings (SSSR count). The largest absolute Gasteiger partial charge is 0.398 e. The highest BCUT2D eigenvalue weighted by Crippen LogP contribution is 2.30. The molecular weight excluding hydrogens is 230 g/mol. The Labute approximate surface area is 107 Å². The minimum atomic E-state index is 0.501. The van der Waals surface area contributed by atoms with Crippen molar-refractivity contribution in [3.8, 4) is 6.07 Å². The van der Waals surface area contributed by atoms with Gasteiger partial charge in [-0.1, -0.05) is 6.92 Å². The second kappa shape index (κ2) is 4.89. The van der Waals surface area contributed by atoms with Crippen molar-refractivity contribution in [3.05, 3.63) is 23.8 Å². The fraction of sp³-hybridized carbons (Fsp3) is 0.462. The van der Waals surface area contributed by atoms with E-state index in [9.17, 15) is 0 Å². The molecule has 2 atom stereocenters. The van der Waals surface area contributed by atoms with Gasteiger partial charge < -0.3 is 10.6 Å². The number of nitrogen functional groups attached to an aromatic ring is 1. The molecule has 1 aliphatic rings. The molecule has 1 aromatic carbocycles. The molecular formula is C13H17N3S. The lowest BCUT2D eigenvalue weighted by molar-refractivity contribution is 0.627. The highest BCUT2D eigenvalue weighted by atomic mass is 32.2. The number of nitriles is 1. The number of rotatable bonds is 1. The van der Waals surface area contributed by atoms with Crippen LogP contribution < -0.4 is 10.6 Å². The van der Waals surface area contributed by atoms with E-state index in [1.54, 1.807) is 0 Å². The van der Waals surface area contributed by atoms with Gasteiger partial charge in [-0.25, -0.2) is 0 Å². The minimum Gasteiger partial charge on any atom is -0.398 e. The van der Waals surface area contributed by atoms with E-state index in [-0.39, 0.29) is 0 Å². The van der Waals surface area contributed by atoms with Gasteiger partial charge in [-0.05, 0) is 25.1 Å². The zero-order chi connectivity index (χ0) is 12.4. The molecule has 1 aliphatic heterocycles. The van der Waals surface area contributed by atoms with E-state index in [1.807, 2.05) is 30.0 Å². The molecule has 0 radical (unpaired) electrons. The maximum atomic E-state index is 8.87. The summed E-state index contributed by atoms with van der Waals surface area (Å²) in [5.41, 5.74) is 8.12. The molecule has 1 heterocycles. The number of thioether (sulfide) groups is 1. The molecule has 90 valence electrons. The Hall–Kier alpha value is -1.34. The van der Waals surface area contributed by atoms with E-state index in [0.717, 1.165) is 18.0 Å². The molecule has 4 heteroatoms. The summed E-state index contributed by atoms with van der Waals surface area (Å²) in [6.45, 7) is 5.54. The van der Waals surface area contributed by atoms with Crippen LogP contribution in [0.25, 0.3) is 0 Å². The number of nitrogens with zero attached hydrogens (tertiary/aromatic N) is 2. The van der Waals surface area contributed by atoms with Crippen molar-refractivity contribution in [2.24, 2.45) is 0 Å². The van der Waals surface area contributed by atoms with Gasteiger partial charge in [0.05, 0.1) is 11.3 Å². The van der Waals surface area contributed by atoms with E-state index in [2.05, 4.69) is 24.8 Å². The van der Waals surface area contributed by atoms with E-state index < -0.39 is 0 Å². The highest BCUT2D eigenvalue weighted by Gasteiger charge is 2.25. The zero-order valence-electron chi connectivity index (χ0n) is 10.2. The number of anilines is 2. The lowest BCUT2D eigenvalue weighted by Crippen LogP contribution is -2.44. The fourth-order valence-electron chi connectivity index (χ4n) is 2.13. The van der Waals surface area contributed by atoms with Crippen LogP contribution in [0, 0.1) is 11.3 Å². The van der Waals surface area contributed by atoms with Gasteiger partial charge in [0, 0.05) is 29.3 Å². The zero-order valence-corrected chi connectivity index (χ0v) is 11.0. The van der Waals surface area contributed by atoms with Crippen molar-refractivity contribution in [2.45, 2.75) is 25.1 Å². The molecule has 0 bridgehead atoms. The maximum Gasteiger partial charge on any atom is 0.101 e. The van der Waals surface area contributed by atoms with Crippen LogP contribution in [0.5, 0.6) is 0 Å². The summed E-state index contributed by atoms with van der Waals surface area (Å²) in [6, 6.07) is 8.32. The Kier molecular flexibility index (Phi) is 3.49. The molecule has 3 nitrogen and oxygen atoms in total. The first-order valence-electron chi connectivity index (χ1n) is 5.81. The minimum absolute atomic E-state index is 0.501. The molecule has 0 aliphatic carbocycles. The fourth-order valence-corrected chi connectivity index (χ4v) is 3.23. The summed E-state index contributed by atoms with van der Waals surface area (Å²) in [4.78, 5) is 2.37. The lowest BCUT2D eigenvalue weighted by Gasteiger charge is -2.39. The first-order chi connectivity index (χ1) is 8.13. The Morgan fingerprint density at radius 1 is 1.47 bits per heavy atom. The summed E-state index contributed by atoms with van der Waals surface area (Å²) in [6.07, 6.45) is 0. The standard InChI is InChI=1S/C13H17N3S/c1-9-10(2)17-6-5-16(9)12-4-3-11(8-14)13(15)7-12/h3-4,7,9-10H,5-6,15H2,1-2H3. The van der Waals surface area contributed by atoms with Crippen LogP contribution in [0.4, 0.5) is 11.4 Å². The first-order valence-corrected chi connectivity index (χ1v) is 6.86. The van der Waals surface area contributed by atoms with E-state index in [1.165, 1.54) is 0 Å². The molecule has 2 N–H and O–H groups in total. The summed E-state index contributed by atoms with van der Waals surface area (Å²) in [5.74, 6) is 1.14. The summed E-state index contributed by atoms with van der Waals surface area (Å²) in [7, 11) is 0. The lowest BCUT2D eigenvalue weighted by atomic mass is 10.1. The van der Waals surface area contributed by atoms with Crippen LogP contribution in [0.3, 0.4) is 0 Å². The van der Waals surface area contributed by atoms with E-state index >= 15 is 0 Å². The van der Waals surface area contributed by atoms with Gasteiger partial charge in [0.15, 0.2) is 0 Å². The monoisotopic (exact) mass is 247 g/mol. The van der Waals surface area contributed by atoms with Crippen molar-refractivity contribution in [1.82, 2.24) is 0 Å². The quantitative estimate of drug-likeness (QED) is 0.775. The number of hydrogen-bond acceptors (Lipinski definition) is 4. The molecule has 2 unspecified atom stereocenters. The van der Waals surface area contributed by atoms with Gasteiger partial charge in [0.25, 0.3) is 0 Å². The highest BCUT2D eigenvalue weighted by molar-refractivity contribution is 8.00. The van der Waals surface area contributed by atoms with Crippen LogP contribution >= 0.6 is 11.8 Å². The Balaban J connectivity index is 2.28. The Morgan fingerprint density at radius 2 is 2.24 bits per heavy atom. The maximum absolute atomic E-state index is 8.87. The van der Waals surface area contributed by atoms with Gasteiger partial charge in [-0.2, -0.15) is 17.0 Å². The Bertz CT molecular complexity index is 452. The topological polar surface area (TPSA) is 53.0 Å². The second-order valence-corrected chi connectivity index (χ2v) is 5.88. The average molecular weight is 247 g/mol. The summed E-state index contributed by atoms with van der Waals surface area (Å²) in [5, 5.41) is 9.49. The van der Waals surface area contributed by atoms with Crippen molar-refractivity contribution < 1.29 is 0 Å². The number of benzene rings is 1. The SMILES string of the molecule is CC1SCCN(c2ccc(C#N)c(N)c2)C1C. The molecule has 0 amide bonds. The van der Waals surface area contributed by atoms with Crippen LogP contribution in [-0.4, -0.2) is 23.6 Å². The van der Waals surface area contributed by atoms with Crippen LogP contribution in [0.15, 0.2) is 18.2 Å². The van der Waals surface area contributed by atoms with Crippen LogP contribution in [0.1, 0.15) is 19.4 Å². The molecule has 0 spiro atoms. The molecule has 17 heavy (non-hydrogen) atoms. The second-order valence-electron chi connectivity index (χ2n) is 4.39. The summed E-state index contributed by atoms with van der Waals surface area (Å²) >= 11 is 2.01. The third-order valence-electron chi connectivity index (χ3n) is 3.37. The van der Waals surface area contributed by atoms with Crippen molar-refractivity contribution >= 4 is 23.1 Å². The van der Waals surface area contributed by atoms with E-state index in [4.69, 9.17) is 11.0 Å². The van der Waals surface area contributed by atoms with Crippen LogP contribution in [-0.2, 0) is 0 Å². The number of nitrogens with two attached hydrogens (primary N) is 1. The molecule has 1 aromatic rings. The van der Waals surface area contributed by atoms with Gasteiger partial charge in [-0.3, -0.25) is 0 Å². The van der Waals surface area contributed by atoms with Crippen molar-refractivity contribution in [3.63, 3.8) is 0 Å². The van der Waals surface area contributed by atoms with Gasteiger partial charge in [0.1, 0.15) is 6.07 Å². The van der Waals surface area contributed by atoms with Crippen molar-refractivity contribution in [2.75, 3.05) is 22.9 Å². The van der Waals surface area contributed by atoms with Gasteiger partial charge in [-0.15, -0.1) is 0 Å². The normalized spacial score (nSPS) is 24.4. The summed E-state index contributed by atoms with van der Waals surface area (Å²) < 4.78 is 0.